The van der Waals surface area contributed by atoms with E-state index in [1.165, 1.54) is 66.7 Å². The molecule has 0 spiro atoms. The highest BCUT2D eigenvalue weighted by atomic mass is 15.1. The summed E-state index contributed by atoms with van der Waals surface area (Å²) < 4.78 is 2.51. The summed E-state index contributed by atoms with van der Waals surface area (Å²) >= 11 is 0. The van der Waals surface area contributed by atoms with Crippen molar-refractivity contribution in [2.45, 2.75) is 38.0 Å². The van der Waals surface area contributed by atoms with Crippen molar-refractivity contribution in [1.29, 1.82) is 0 Å². The summed E-state index contributed by atoms with van der Waals surface area (Å²) in [5.74, 6) is 0.993. The molecule has 2 aliphatic carbocycles. The molecule has 0 fully saturated rings. The Hall–Kier alpha value is -5.60. The minimum atomic E-state index is 0.0880. The summed E-state index contributed by atoms with van der Waals surface area (Å²) in [5, 5.41) is 8.10. The summed E-state index contributed by atoms with van der Waals surface area (Å²) in [6, 6.07) is 53.7. The Morgan fingerprint density at radius 1 is 0.612 bits per heavy atom. The van der Waals surface area contributed by atoms with Crippen LogP contribution in [0.1, 0.15) is 43.7 Å². The third kappa shape index (κ3) is 4.13. The number of allylic oxidation sites excluding steroid dienone is 2. The van der Waals surface area contributed by atoms with Gasteiger partial charge in [0.1, 0.15) is 0 Å². The normalized spacial score (nSPS) is 17.9. The number of fused-ring (bicyclic) bond motifs is 7. The van der Waals surface area contributed by atoms with Gasteiger partial charge >= 0.3 is 0 Å². The third-order valence-electron chi connectivity index (χ3n) is 11.5. The quantitative estimate of drug-likeness (QED) is 0.176. The van der Waals surface area contributed by atoms with Crippen LogP contribution in [0.4, 0.5) is 17.1 Å². The topological polar surface area (TPSA) is 8.17 Å². The standard InChI is InChI=1S/C47H38N2/c1-47(2)39-22-10-8-20-37(39)46-44-32(16-12-23-40(44)47)30-43-45(46)38-21-9-11-24-42(38)49(43)35-28-26-34(27-29-35)48(33-17-4-3-5-18-33)41-25-13-15-31-14-6-7-19-36(31)41/h3-7,9-19,21-30,37,39H,8,20H2,1-2H3. The highest BCUT2D eigenvalue weighted by Gasteiger charge is 2.44. The van der Waals surface area contributed by atoms with E-state index < -0.39 is 0 Å². The maximum Gasteiger partial charge on any atom is 0.0550 e. The van der Waals surface area contributed by atoms with Gasteiger partial charge in [0.25, 0.3) is 0 Å². The van der Waals surface area contributed by atoms with Crippen molar-refractivity contribution in [3.05, 3.63) is 169 Å². The second-order valence-corrected chi connectivity index (χ2v) is 14.5. The predicted octanol–water partition coefficient (Wildman–Crippen LogP) is 12.9. The molecule has 0 bridgehead atoms. The molecule has 7 aromatic carbocycles. The van der Waals surface area contributed by atoms with Gasteiger partial charge in [0.05, 0.1) is 16.7 Å². The number of hydrogen-bond donors (Lipinski definition) is 0. The van der Waals surface area contributed by atoms with Crippen LogP contribution in [0.2, 0.25) is 0 Å². The van der Waals surface area contributed by atoms with Gasteiger partial charge < -0.3 is 9.47 Å². The molecule has 1 aromatic heterocycles. The number of para-hydroxylation sites is 2. The van der Waals surface area contributed by atoms with E-state index in [0.29, 0.717) is 11.8 Å². The first-order valence-electron chi connectivity index (χ1n) is 17.7. The highest BCUT2D eigenvalue weighted by molar-refractivity contribution is 6.17. The van der Waals surface area contributed by atoms with Crippen LogP contribution >= 0.6 is 0 Å². The van der Waals surface area contributed by atoms with Crippen molar-refractivity contribution in [2.24, 2.45) is 5.92 Å². The van der Waals surface area contributed by atoms with Crippen LogP contribution < -0.4 is 4.90 Å². The zero-order valence-electron chi connectivity index (χ0n) is 28.0. The molecule has 2 unspecified atom stereocenters. The average Bonchev–Trinajstić information content (AvgIpc) is 3.48. The molecule has 0 radical (unpaired) electrons. The molecule has 2 nitrogen and oxygen atoms in total. The van der Waals surface area contributed by atoms with E-state index in [-0.39, 0.29) is 5.41 Å². The Balaban J connectivity index is 1.21. The van der Waals surface area contributed by atoms with Gasteiger partial charge in [-0.3, -0.25) is 0 Å². The average molecular weight is 631 g/mol. The molecule has 0 saturated heterocycles. The minimum absolute atomic E-state index is 0.0880. The van der Waals surface area contributed by atoms with Crippen LogP contribution in [0.3, 0.4) is 0 Å². The van der Waals surface area contributed by atoms with E-state index in [9.17, 15) is 0 Å². The molecule has 0 saturated carbocycles. The van der Waals surface area contributed by atoms with E-state index in [2.05, 4.69) is 181 Å². The van der Waals surface area contributed by atoms with Gasteiger partial charge in [0, 0.05) is 33.2 Å². The zero-order valence-corrected chi connectivity index (χ0v) is 28.0. The van der Waals surface area contributed by atoms with Crippen LogP contribution in [0.15, 0.2) is 158 Å². The van der Waals surface area contributed by atoms with Crippen LogP contribution in [-0.4, -0.2) is 4.57 Å². The van der Waals surface area contributed by atoms with Crippen molar-refractivity contribution in [3.63, 3.8) is 0 Å². The fraction of sp³-hybridized carbons (Fsp3) is 0.149. The molecular weight excluding hydrogens is 593 g/mol. The van der Waals surface area contributed by atoms with Crippen LogP contribution in [0.5, 0.6) is 0 Å². The molecule has 0 aliphatic heterocycles. The van der Waals surface area contributed by atoms with Gasteiger partial charge in [0.15, 0.2) is 0 Å². The van der Waals surface area contributed by atoms with Gasteiger partial charge in [0.2, 0.25) is 0 Å². The number of benzene rings is 7. The summed E-state index contributed by atoms with van der Waals surface area (Å²) in [7, 11) is 0. The molecule has 2 heteroatoms. The largest absolute Gasteiger partial charge is 0.310 e. The van der Waals surface area contributed by atoms with Gasteiger partial charge in [-0.05, 0) is 112 Å². The van der Waals surface area contributed by atoms with Gasteiger partial charge in [-0.1, -0.05) is 117 Å². The fourth-order valence-corrected chi connectivity index (χ4v) is 9.37. The summed E-state index contributed by atoms with van der Waals surface area (Å²) in [5.41, 5.74) is 10.3. The maximum atomic E-state index is 2.53. The summed E-state index contributed by atoms with van der Waals surface area (Å²) in [6.45, 7) is 4.92. The molecule has 236 valence electrons. The van der Waals surface area contributed by atoms with E-state index in [4.69, 9.17) is 0 Å². The third-order valence-corrected chi connectivity index (χ3v) is 11.5. The highest BCUT2D eigenvalue weighted by Crippen LogP contribution is 2.56. The van der Waals surface area contributed by atoms with E-state index in [0.717, 1.165) is 17.8 Å². The smallest absolute Gasteiger partial charge is 0.0550 e. The zero-order chi connectivity index (χ0) is 32.7. The van der Waals surface area contributed by atoms with E-state index >= 15 is 0 Å². The van der Waals surface area contributed by atoms with Gasteiger partial charge in [-0.2, -0.15) is 0 Å². The molecular formula is C47H38N2. The molecule has 0 amide bonds. The Bertz CT molecular complexity index is 2580. The lowest BCUT2D eigenvalue weighted by Gasteiger charge is -2.46. The maximum absolute atomic E-state index is 2.53. The Morgan fingerprint density at radius 2 is 1.31 bits per heavy atom. The number of hydrogen-bond acceptors (Lipinski definition) is 1. The minimum Gasteiger partial charge on any atom is -0.310 e. The number of anilines is 3. The molecule has 10 rings (SSSR count). The summed E-state index contributed by atoms with van der Waals surface area (Å²) in [6.07, 6.45) is 7.30. The molecule has 2 aliphatic rings. The lowest BCUT2D eigenvalue weighted by atomic mass is 9.58. The van der Waals surface area contributed by atoms with Crippen molar-refractivity contribution >= 4 is 60.4 Å². The molecule has 1 heterocycles. The Morgan fingerprint density at radius 3 is 2.16 bits per heavy atom. The van der Waals surface area contributed by atoms with E-state index in [1.54, 1.807) is 5.56 Å². The first-order chi connectivity index (χ1) is 24.1. The van der Waals surface area contributed by atoms with Crippen LogP contribution in [0, 0.1) is 5.92 Å². The Kier molecular flexibility index (Phi) is 6.21. The SMILES string of the molecule is CC1(C)c2cccc3cc4c(c(c23)C2CCC=CC21)c1ccccc1n4-c1ccc(N(c2ccccc2)c2cccc3ccccc23)cc1. The first-order valence-corrected chi connectivity index (χ1v) is 17.7. The molecule has 0 N–H and O–H groups in total. The number of rotatable bonds is 4. The first kappa shape index (κ1) is 28.4. The van der Waals surface area contributed by atoms with Crippen LogP contribution in [0.25, 0.3) is 49.0 Å². The second kappa shape index (κ2) is 10.7. The lowest BCUT2D eigenvalue weighted by Crippen LogP contribution is -2.37. The van der Waals surface area contributed by atoms with Crippen LogP contribution in [-0.2, 0) is 5.41 Å². The van der Waals surface area contributed by atoms with Crippen molar-refractivity contribution in [2.75, 3.05) is 4.90 Å². The molecule has 49 heavy (non-hydrogen) atoms. The van der Waals surface area contributed by atoms with Gasteiger partial charge in [-0.15, -0.1) is 0 Å². The lowest BCUT2D eigenvalue weighted by molar-refractivity contribution is 0.299. The monoisotopic (exact) mass is 630 g/mol. The van der Waals surface area contributed by atoms with Crippen molar-refractivity contribution < 1.29 is 0 Å². The number of nitrogens with zero attached hydrogens (tertiary/aromatic N) is 2. The molecule has 8 aromatic rings. The van der Waals surface area contributed by atoms with Crippen molar-refractivity contribution in [3.8, 4) is 5.69 Å². The second-order valence-electron chi connectivity index (χ2n) is 14.5. The predicted molar refractivity (Wildman–Crippen MR) is 208 cm³/mol. The molecule has 2 atom stereocenters. The Labute approximate surface area is 287 Å². The van der Waals surface area contributed by atoms with E-state index in [1.807, 2.05) is 0 Å². The van der Waals surface area contributed by atoms with Gasteiger partial charge in [-0.25, -0.2) is 0 Å². The fourth-order valence-electron chi connectivity index (χ4n) is 9.37. The van der Waals surface area contributed by atoms with Crippen molar-refractivity contribution in [1.82, 2.24) is 4.57 Å². The number of aromatic nitrogens is 1. The summed E-state index contributed by atoms with van der Waals surface area (Å²) in [4.78, 5) is 2.38.